The zero-order chi connectivity index (χ0) is 13.4. The molecule has 0 saturated carbocycles. The largest absolute Gasteiger partial charge is 0.486 e. The predicted molar refractivity (Wildman–Crippen MR) is 74.1 cm³/mol. The standard InChI is InChI=1S/C14H18N4O2/c1-3-15-4-2-10(1)9-18-12-8-14-13(19-5-6-20-14)7-11(12)16-17-18/h7-8,10,15H,1-6,9H2. The average molecular weight is 274 g/mol. The van der Waals surface area contributed by atoms with Crippen LogP contribution < -0.4 is 14.8 Å². The van der Waals surface area contributed by atoms with Gasteiger partial charge in [0.2, 0.25) is 0 Å². The van der Waals surface area contributed by atoms with E-state index < -0.39 is 0 Å². The summed E-state index contributed by atoms with van der Waals surface area (Å²) in [6, 6.07) is 3.93. The van der Waals surface area contributed by atoms with Crippen molar-refractivity contribution < 1.29 is 9.47 Å². The summed E-state index contributed by atoms with van der Waals surface area (Å²) in [5.41, 5.74) is 1.91. The lowest BCUT2D eigenvalue weighted by Crippen LogP contribution is -2.30. The van der Waals surface area contributed by atoms with Crippen LogP contribution in [-0.4, -0.2) is 41.3 Å². The summed E-state index contributed by atoms with van der Waals surface area (Å²) in [7, 11) is 0. The van der Waals surface area contributed by atoms with E-state index in [1.807, 2.05) is 16.8 Å². The molecule has 20 heavy (non-hydrogen) atoms. The third kappa shape index (κ3) is 2.10. The topological polar surface area (TPSA) is 61.2 Å². The van der Waals surface area contributed by atoms with Crippen molar-refractivity contribution in [1.29, 1.82) is 0 Å². The molecule has 0 radical (unpaired) electrons. The van der Waals surface area contributed by atoms with Crippen molar-refractivity contribution in [3.63, 3.8) is 0 Å². The van der Waals surface area contributed by atoms with Gasteiger partial charge in [-0.2, -0.15) is 0 Å². The molecule has 0 aliphatic carbocycles. The van der Waals surface area contributed by atoms with E-state index in [0.717, 1.165) is 42.2 Å². The van der Waals surface area contributed by atoms with Gasteiger partial charge >= 0.3 is 0 Å². The van der Waals surface area contributed by atoms with Gasteiger partial charge in [-0.05, 0) is 31.8 Å². The zero-order valence-corrected chi connectivity index (χ0v) is 11.3. The van der Waals surface area contributed by atoms with Crippen LogP contribution in [-0.2, 0) is 6.54 Å². The second-order valence-corrected chi connectivity index (χ2v) is 5.45. The number of rotatable bonds is 2. The first-order valence-electron chi connectivity index (χ1n) is 7.24. The molecule has 6 heteroatoms. The third-order valence-corrected chi connectivity index (χ3v) is 4.07. The van der Waals surface area contributed by atoms with Gasteiger partial charge in [0, 0.05) is 18.7 Å². The van der Waals surface area contributed by atoms with Gasteiger partial charge in [-0.15, -0.1) is 5.10 Å². The molecule has 0 amide bonds. The van der Waals surface area contributed by atoms with Crippen LogP contribution in [0.3, 0.4) is 0 Å². The molecule has 2 aromatic rings. The molecule has 4 rings (SSSR count). The van der Waals surface area contributed by atoms with Gasteiger partial charge in [-0.3, -0.25) is 0 Å². The van der Waals surface area contributed by atoms with Gasteiger partial charge in [-0.25, -0.2) is 4.68 Å². The normalized spacial score (nSPS) is 19.4. The molecule has 1 N–H and O–H groups in total. The maximum Gasteiger partial charge on any atom is 0.163 e. The molecule has 3 heterocycles. The Morgan fingerprint density at radius 1 is 1.15 bits per heavy atom. The molecule has 6 nitrogen and oxygen atoms in total. The second-order valence-electron chi connectivity index (χ2n) is 5.45. The molecular formula is C14H18N4O2. The molecule has 0 bridgehead atoms. The van der Waals surface area contributed by atoms with Gasteiger partial charge in [-0.1, -0.05) is 5.21 Å². The summed E-state index contributed by atoms with van der Waals surface area (Å²) in [5, 5.41) is 11.9. The van der Waals surface area contributed by atoms with Crippen molar-refractivity contribution in [2.24, 2.45) is 5.92 Å². The van der Waals surface area contributed by atoms with Crippen molar-refractivity contribution in [3.8, 4) is 11.5 Å². The fourth-order valence-corrected chi connectivity index (χ4v) is 2.95. The number of hydrogen-bond acceptors (Lipinski definition) is 5. The van der Waals surface area contributed by atoms with E-state index in [-0.39, 0.29) is 0 Å². The highest BCUT2D eigenvalue weighted by Gasteiger charge is 2.19. The summed E-state index contributed by atoms with van der Waals surface area (Å²) >= 11 is 0. The Balaban J connectivity index is 1.65. The highest BCUT2D eigenvalue weighted by atomic mass is 16.6. The SMILES string of the molecule is c1c2c(cc3c1nnn3CC1CCNCC1)OCCO2. The second kappa shape index (κ2) is 4.94. The average Bonchev–Trinajstić information content (AvgIpc) is 2.88. The Kier molecular flexibility index (Phi) is 2.95. The highest BCUT2D eigenvalue weighted by molar-refractivity contribution is 5.79. The number of benzene rings is 1. The quantitative estimate of drug-likeness (QED) is 0.891. The van der Waals surface area contributed by atoms with Crippen LogP contribution in [0.2, 0.25) is 0 Å². The van der Waals surface area contributed by atoms with Crippen molar-refractivity contribution in [1.82, 2.24) is 20.3 Å². The van der Waals surface area contributed by atoms with E-state index in [2.05, 4.69) is 15.6 Å². The van der Waals surface area contributed by atoms with Crippen LogP contribution >= 0.6 is 0 Å². The molecule has 1 aromatic heterocycles. The summed E-state index contributed by atoms with van der Waals surface area (Å²) in [6.07, 6.45) is 2.40. The molecule has 1 fully saturated rings. The van der Waals surface area contributed by atoms with Crippen molar-refractivity contribution in [2.45, 2.75) is 19.4 Å². The first-order valence-corrected chi connectivity index (χ1v) is 7.24. The minimum absolute atomic E-state index is 0.599. The molecule has 106 valence electrons. The minimum atomic E-state index is 0.599. The van der Waals surface area contributed by atoms with Crippen molar-refractivity contribution in [3.05, 3.63) is 12.1 Å². The zero-order valence-electron chi connectivity index (χ0n) is 11.3. The number of nitrogens with zero attached hydrogens (tertiary/aromatic N) is 3. The smallest absolute Gasteiger partial charge is 0.163 e. The number of aromatic nitrogens is 3. The molecule has 0 unspecified atom stereocenters. The first kappa shape index (κ1) is 12.0. The van der Waals surface area contributed by atoms with Crippen molar-refractivity contribution >= 4 is 11.0 Å². The molecule has 2 aliphatic rings. The van der Waals surface area contributed by atoms with Crippen LogP contribution in [0.5, 0.6) is 11.5 Å². The first-order chi connectivity index (χ1) is 9.90. The number of nitrogens with one attached hydrogen (secondary N) is 1. The third-order valence-electron chi connectivity index (χ3n) is 4.07. The van der Waals surface area contributed by atoms with E-state index in [9.17, 15) is 0 Å². The monoisotopic (exact) mass is 274 g/mol. The van der Waals surface area contributed by atoms with Gasteiger partial charge in [0.05, 0.1) is 5.52 Å². The van der Waals surface area contributed by atoms with Gasteiger partial charge in [0.15, 0.2) is 11.5 Å². The molecule has 1 saturated heterocycles. The molecular weight excluding hydrogens is 256 g/mol. The molecule has 2 aliphatic heterocycles. The highest BCUT2D eigenvalue weighted by Crippen LogP contribution is 2.34. The molecule has 1 aromatic carbocycles. The lowest BCUT2D eigenvalue weighted by atomic mass is 9.98. The van der Waals surface area contributed by atoms with E-state index in [1.54, 1.807) is 0 Å². The fourth-order valence-electron chi connectivity index (χ4n) is 2.95. The van der Waals surface area contributed by atoms with E-state index in [4.69, 9.17) is 9.47 Å². The molecule has 0 spiro atoms. The van der Waals surface area contributed by atoms with Gasteiger partial charge < -0.3 is 14.8 Å². The Morgan fingerprint density at radius 2 is 1.90 bits per heavy atom. The summed E-state index contributed by atoms with van der Waals surface area (Å²) in [5.74, 6) is 2.25. The summed E-state index contributed by atoms with van der Waals surface area (Å²) in [6.45, 7) is 4.33. The van der Waals surface area contributed by atoms with E-state index in [1.165, 1.54) is 12.8 Å². The lowest BCUT2D eigenvalue weighted by molar-refractivity contribution is 0.172. The Hall–Kier alpha value is -1.82. The number of ether oxygens (including phenoxy) is 2. The lowest BCUT2D eigenvalue weighted by Gasteiger charge is -2.22. The van der Waals surface area contributed by atoms with Crippen molar-refractivity contribution in [2.75, 3.05) is 26.3 Å². The summed E-state index contributed by atoms with van der Waals surface area (Å²) < 4.78 is 13.2. The van der Waals surface area contributed by atoms with Crippen LogP contribution in [0, 0.1) is 5.92 Å². The maximum atomic E-state index is 5.64. The van der Waals surface area contributed by atoms with Crippen LogP contribution in [0.4, 0.5) is 0 Å². The van der Waals surface area contributed by atoms with Crippen LogP contribution in [0.25, 0.3) is 11.0 Å². The van der Waals surface area contributed by atoms with E-state index >= 15 is 0 Å². The van der Waals surface area contributed by atoms with E-state index in [0.29, 0.717) is 19.1 Å². The summed E-state index contributed by atoms with van der Waals surface area (Å²) in [4.78, 5) is 0. The maximum absolute atomic E-state index is 5.64. The van der Waals surface area contributed by atoms with Gasteiger partial charge in [0.25, 0.3) is 0 Å². The van der Waals surface area contributed by atoms with Crippen LogP contribution in [0.15, 0.2) is 12.1 Å². The Morgan fingerprint density at radius 3 is 2.70 bits per heavy atom. The number of piperidine rings is 1. The minimum Gasteiger partial charge on any atom is -0.486 e. The van der Waals surface area contributed by atoms with Crippen LogP contribution in [0.1, 0.15) is 12.8 Å². The predicted octanol–water partition coefficient (Wildman–Crippen LogP) is 1.20. The number of hydrogen-bond donors (Lipinski definition) is 1. The fraction of sp³-hybridized carbons (Fsp3) is 0.571. The number of fused-ring (bicyclic) bond motifs is 2. The molecule has 0 atom stereocenters. The van der Waals surface area contributed by atoms with Gasteiger partial charge in [0.1, 0.15) is 18.7 Å². The Bertz CT molecular complexity index is 619. The Labute approximate surface area is 117 Å².